The standard InChI is InChI=1S/C19H34N2/c1-3-4-5-6-7-8-9-10-11-12-15-21-18(2)19-13-16-20-17-14-19/h13-14,16-18,21H,3-12,15H2,1-2H3/t18-/m1/s1. The fourth-order valence-corrected chi connectivity index (χ4v) is 2.70. The monoisotopic (exact) mass is 290 g/mol. The lowest BCUT2D eigenvalue weighted by molar-refractivity contribution is 0.518. The number of nitrogens with zero attached hydrogens (tertiary/aromatic N) is 1. The molecule has 0 bridgehead atoms. The molecule has 0 aliphatic rings. The highest BCUT2D eigenvalue weighted by atomic mass is 14.9. The van der Waals surface area contributed by atoms with Crippen molar-refractivity contribution in [3.05, 3.63) is 30.1 Å². The van der Waals surface area contributed by atoms with Crippen LogP contribution < -0.4 is 5.32 Å². The van der Waals surface area contributed by atoms with Gasteiger partial charge >= 0.3 is 0 Å². The second-order valence-electron chi connectivity index (χ2n) is 6.14. The number of nitrogens with one attached hydrogen (secondary N) is 1. The zero-order chi connectivity index (χ0) is 15.2. The summed E-state index contributed by atoms with van der Waals surface area (Å²) in [5, 5.41) is 3.60. The molecule has 0 aliphatic carbocycles. The SMILES string of the molecule is CCCCCCCCCCCCN[C@H](C)c1ccncc1. The predicted octanol–water partition coefficient (Wildman–Crippen LogP) is 5.65. The highest BCUT2D eigenvalue weighted by Gasteiger charge is 2.02. The van der Waals surface area contributed by atoms with Gasteiger partial charge in [0.05, 0.1) is 0 Å². The van der Waals surface area contributed by atoms with E-state index in [1.54, 1.807) is 0 Å². The second-order valence-corrected chi connectivity index (χ2v) is 6.14. The molecule has 1 aromatic rings. The number of hydrogen-bond donors (Lipinski definition) is 1. The van der Waals surface area contributed by atoms with Crippen molar-refractivity contribution < 1.29 is 0 Å². The van der Waals surface area contributed by atoms with Gasteiger partial charge in [-0.3, -0.25) is 4.98 Å². The average molecular weight is 290 g/mol. The molecule has 21 heavy (non-hydrogen) atoms. The highest BCUT2D eigenvalue weighted by Crippen LogP contribution is 2.12. The van der Waals surface area contributed by atoms with Crippen LogP contribution in [0.3, 0.4) is 0 Å². The number of aromatic nitrogens is 1. The third kappa shape index (κ3) is 9.62. The van der Waals surface area contributed by atoms with Crippen molar-refractivity contribution in [3.8, 4) is 0 Å². The van der Waals surface area contributed by atoms with Crippen molar-refractivity contribution in [2.24, 2.45) is 0 Å². The first-order chi connectivity index (χ1) is 10.3. The van der Waals surface area contributed by atoms with Crippen LogP contribution in [0.15, 0.2) is 24.5 Å². The van der Waals surface area contributed by atoms with Crippen LogP contribution in [-0.4, -0.2) is 11.5 Å². The van der Waals surface area contributed by atoms with E-state index in [2.05, 4.69) is 36.3 Å². The van der Waals surface area contributed by atoms with Crippen LogP contribution in [0.1, 0.15) is 89.7 Å². The average Bonchev–Trinajstić information content (AvgIpc) is 2.53. The molecule has 0 aromatic carbocycles. The van der Waals surface area contributed by atoms with Gasteiger partial charge in [0.1, 0.15) is 0 Å². The summed E-state index contributed by atoms with van der Waals surface area (Å²) in [4.78, 5) is 4.06. The van der Waals surface area contributed by atoms with Crippen LogP contribution >= 0.6 is 0 Å². The quantitative estimate of drug-likeness (QED) is 0.475. The van der Waals surface area contributed by atoms with Crippen LogP contribution in [0.5, 0.6) is 0 Å². The third-order valence-electron chi connectivity index (χ3n) is 4.19. The maximum absolute atomic E-state index is 4.06. The minimum atomic E-state index is 0.437. The Morgan fingerprint density at radius 1 is 0.857 bits per heavy atom. The van der Waals surface area contributed by atoms with Crippen molar-refractivity contribution in [2.75, 3.05) is 6.54 Å². The maximum Gasteiger partial charge on any atom is 0.0292 e. The molecule has 0 saturated heterocycles. The summed E-state index contributed by atoms with van der Waals surface area (Å²) in [7, 11) is 0. The number of hydrogen-bond acceptors (Lipinski definition) is 2. The molecule has 0 spiro atoms. The molecule has 2 heteroatoms. The fraction of sp³-hybridized carbons (Fsp3) is 0.737. The van der Waals surface area contributed by atoms with Crippen molar-refractivity contribution >= 4 is 0 Å². The lowest BCUT2D eigenvalue weighted by Gasteiger charge is -2.13. The van der Waals surface area contributed by atoms with Gasteiger partial charge in [-0.1, -0.05) is 64.7 Å². The Bertz CT molecular complexity index is 324. The Morgan fingerprint density at radius 2 is 1.38 bits per heavy atom. The normalized spacial score (nSPS) is 12.5. The second kappa shape index (κ2) is 12.8. The molecule has 120 valence electrons. The van der Waals surface area contributed by atoms with Crippen LogP contribution in [0, 0.1) is 0 Å². The van der Waals surface area contributed by atoms with Gasteiger partial charge in [0, 0.05) is 18.4 Å². The van der Waals surface area contributed by atoms with Gasteiger partial charge in [-0.25, -0.2) is 0 Å². The minimum Gasteiger partial charge on any atom is -0.310 e. The van der Waals surface area contributed by atoms with E-state index in [0.29, 0.717) is 6.04 Å². The molecular formula is C19H34N2. The zero-order valence-corrected chi connectivity index (χ0v) is 14.1. The summed E-state index contributed by atoms with van der Waals surface area (Å²) < 4.78 is 0. The molecule has 1 atom stereocenters. The Hall–Kier alpha value is -0.890. The van der Waals surface area contributed by atoms with Crippen molar-refractivity contribution in [1.82, 2.24) is 10.3 Å². The molecule has 1 rings (SSSR count). The Labute approximate surface area is 131 Å². The molecule has 1 N–H and O–H groups in total. The van der Waals surface area contributed by atoms with E-state index in [9.17, 15) is 0 Å². The Kier molecular flexibility index (Phi) is 11.1. The highest BCUT2D eigenvalue weighted by molar-refractivity contribution is 5.13. The van der Waals surface area contributed by atoms with Crippen molar-refractivity contribution in [2.45, 2.75) is 84.1 Å². The molecule has 2 nitrogen and oxygen atoms in total. The number of pyridine rings is 1. The van der Waals surface area contributed by atoms with Crippen LogP contribution in [0.4, 0.5) is 0 Å². The summed E-state index contributed by atoms with van der Waals surface area (Å²) >= 11 is 0. The van der Waals surface area contributed by atoms with Crippen LogP contribution in [0.2, 0.25) is 0 Å². The lowest BCUT2D eigenvalue weighted by atomic mass is 10.1. The molecule has 1 heterocycles. The summed E-state index contributed by atoms with van der Waals surface area (Å²) in [6.45, 7) is 5.63. The first-order valence-electron chi connectivity index (χ1n) is 8.98. The van der Waals surface area contributed by atoms with Crippen LogP contribution in [-0.2, 0) is 0 Å². The summed E-state index contributed by atoms with van der Waals surface area (Å²) in [6, 6.07) is 4.62. The lowest BCUT2D eigenvalue weighted by Crippen LogP contribution is -2.19. The molecule has 0 aliphatic heterocycles. The van der Waals surface area contributed by atoms with E-state index >= 15 is 0 Å². The minimum absolute atomic E-state index is 0.437. The smallest absolute Gasteiger partial charge is 0.0292 e. The van der Waals surface area contributed by atoms with Gasteiger partial charge < -0.3 is 5.32 Å². The number of unbranched alkanes of at least 4 members (excludes halogenated alkanes) is 9. The van der Waals surface area contributed by atoms with Gasteiger partial charge in [0.25, 0.3) is 0 Å². The van der Waals surface area contributed by atoms with E-state index in [0.717, 1.165) is 6.54 Å². The zero-order valence-electron chi connectivity index (χ0n) is 14.1. The molecule has 0 fully saturated rings. The molecule has 0 amide bonds. The van der Waals surface area contributed by atoms with Gasteiger partial charge in [0.2, 0.25) is 0 Å². The molecule has 0 radical (unpaired) electrons. The van der Waals surface area contributed by atoms with Crippen molar-refractivity contribution in [1.29, 1.82) is 0 Å². The van der Waals surface area contributed by atoms with E-state index in [1.807, 2.05) is 12.4 Å². The summed E-state index contributed by atoms with van der Waals surface area (Å²) in [5.41, 5.74) is 1.33. The molecule has 0 saturated carbocycles. The van der Waals surface area contributed by atoms with Gasteiger partial charge in [-0.05, 0) is 37.6 Å². The van der Waals surface area contributed by atoms with E-state index in [-0.39, 0.29) is 0 Å². The van der Waals surface area contributed by atoms with E-state index in [4.69, 9.17) is 0 Å². The van der Waals surface area contributed by atoms with E-state index in [1.165, 1.54) is 69.8 Å². The summed E-state index contributed by atoms with van der Waals surface area (Å²) in [5.74, 6) is 0. The summed E-state index contributed by atoms with van der Waals surface area (Å²) in [6.07, 6.45) is 17.8. The van der Waals surface area contributed by atoms with Gasteiger partial charge in [0.15, 0.2) is 0 Å². The van der Waals surface area contributed by atoms with Gasteiger partial charge in [-0.15, -0.1) is 0 Å². The van der Waals surface area contributed by atoms with E-state index < -0.39 is 0 Å². The Balaban J connectivity index is 1.86. The number of rotatable bonds is 13. The third-order valence-corrected chi connectivity index (χ3v) is 4.19. The first-order valence-corrected chi connectivity index (χ1v) is 8.98. The predicted molar refractivity (Wildman–Crippen MR) is 92.5 cm³/mol. The van der Waals surface area contributed by atoms with Crippen LogP contribution in [0.25, 0.3) is 0 Å². The Morgan fingerprint density at radius 3 is 1.95 bits per heavy atom. The van der Waals surface area contributed by atoms with Crippen molar-refractivity contribution in [3.63, 3.8) is 0 Å². The topological polar surface area (TPSA) is 24.9 Å². The molecule has 1 aromatic heterocycles. The maximum atomic E-state index is 4.06. The molecule has 0 unspecified atom stereocenters. The largest absolute Gasteiger partial charge is 0.310 e. The molecular weight excluding hydrogens is 256 g/mol. The van der Waals surface area contributed by atoms with Gasteiger partial charge in [-0.2, -0.15) is 0 Å². The first kappa shape index (κ1) is 18.2. The fourth-order valence-electron chi connectivity index (χ4n) is 2.70.